The van der Waals surface area contributed by atoms with Crippen molar-refractivity contribution in [1.29, 1.82) is 0 Å². The lowest BCUT2D eigenvalue weighted by Gasteiger charge is -2.17. The maximum atomic E-state index is 12.4. The first-order chi connectivity index (χ1) is 9.85. The summed E-state index contributed by atoms with van der Waals surface area (Å²) in [7, 11) is -1.62. The van der Waals surface area contributed by atoms with E-state index in [0.717, 1.165) is 0 Å². The number of aliphatic hydroxyl groups excluding tert-OH is 1. The Morgan fingerprint density at radius 3 is 2.67 bits per heavy atom. The van der Waals surface area contributed by atoms with Crippen LogP contribution in [-0.2, 0) is 16.6 Å². The highest BCUT2D eigenvalue weighted by atomic mass is 35.5. The zero-order chi connectivity index (χ0) is 15.6. The molecule has 1 saturated carbocycles. The number of halogens is 1. The van der Waals surface area contributed by atoms with Gasteiger partial charge in [0.2, 0.25) is 10.0 Å². The van der Waals surface area contributed by atoms with Gasteiger partial charge in [0.25, 0.3) is 0 Å². The molecule has 0 bridgehead atoms. The maximum absolute atomic E-state index is 12.4. The Kier molecular flexibility index (Phi) is 5.27. The van der Waals surface area contributed by atoms with Crippen molar-refractivity contribution in [1.82, 2.24) is 9.62 Å². The number of benzene rings is 1. The first kappa shape index (κ1) is 16.7. The predicted molar refractivity (Wildman–Crippen MR) is 83.0 cm³/mol. The first-order valence-corrected chi connectivity index (χ1v) is 8.81. The summed E-state index contributed by atoms with van der Waals surface area (Å²) in [6.45, 7) is 2.47. The minimum absolute atomic E-state index is 0.133. The highest BCUT2D eigenvalue weighted by Crippen LogP contribution is 2.25. The summed E-state index contributed by atoms with van der Waals surface area (Å²) in [6.07, 6.45) is 2.38. The van der Waals surface area contributed by atoms with Gasteiger partial charge < -0.3 is 10.0 Å². The number of rotatable bonds is 7. The summed E-state index contributed by atoms with van der Waals surface area (Å²) >= 11 is 5.93. The van der Waals surface area contributed by atoms with E-state index in [9.17, 15) is 13.5 Å². The molecule has 0 heterocycles. The van der Waals surface area contributed by atoms with Crippen LogP contribution < -0.4 is 4.72 Å². The second-order valence-electron chi connectivity index (χ2n) is 5.46. The van der Waals surface area contributed by atoms with Gasteiger partial charge in [-0.1, -0.05) is 11.6 Å². The van der Waals surface area contributed by atoms with Crippen molar-refractivity contribution in [3.63, 3.8) is 0 Å². The van der Waals surface area contributed by atoms with E-state index in [0.29, 0.717) is 35.3 Å². The van der Waals surface area contributed by atoms with E-state index in [4.69, 9.17) is 11.6 Å². The Labute approximate surface area is 131 Å². The molecule has 1 aliphatic carbocycles. The van der Waals surface area contributed by atoms with Gasteiger partial charge in [0.1, 0.15) is 0 Å². The summed E-state index contributed by atoms with van der Waals surface area (Å²) in [5.41, 5.74) is 1.06. The van der Waals surface area contributed by atoms with Crippen LogP contribution in [0.15, 0.2) is 17.0 Å². The second-order valence-corrected chi connectivity index (χ2v) is 7.63. The molecule has 0 aromatic heterocycles. The monoisotopic (exact) mass is 332 g/mol. The number of hydrogen-bond donors (Lipinski definition) is 2. The van der Waals surface area contributed by atoms with Crippen LogP contribution in [0.25, 0.3) is 0 Å². The molecule has 1 aliphatic rings. The molecule has 0 spiro atoms. The van der Waals surface area contributed by atoms with Gasteiger partial charge in [-0.3, -0.25) is 0 Å². The number of nitrogens with zero attached hydrogens (tertiary/aromatic N) is 1. The molecule has 1 aromatic rings. The van der Waals surface area contributed by atoms with Crippen LogP contribution in [0.3, 0.4) is 0 Å². The quantitative estimate of drug-likeness (QED) is 0.794. The molecule has 0 radical (unpaired) electrons. The van der Waals surface area contributed by atoms with Gasteiger partial charge >= 0.3 is 0 Å². The van der Waals surface area contributed by atoms with E-state index < -0.39 is 10.0 Å². The molecule has 2 N–H and O–H groups in total. The van der Waals surface area contributed by atoms with Crippen molar-refractivity contribution >= 4 is 21.6 Å². The van der Waals surface area contributed by atoms with Crippen LogP contribution in [0.2, 0.25) is 5.02 Å². The van der Waals surface area contributed by atoms with Crippen LogP contribution >= 0.6 is 11.6 Å². The summed E-state index contributed by atoms with van der Waals surface area (Å²) in [6, 6.07) is 3.60. The zero-order valence-corrected chi connectivity index (χ0v) is 13.8. The van der Waals surface area contributed by atoms with Crippen LogP contribution in [0, 0.1) is 6.92 Å². The molecule has 5 nitrogen and oxygen atoms in total. The lowest BCUT2D eigenvalue weighted by atomic mass is 10.1. The molecule has 0 saturated heterocycles. The van der Waals surface area contributed by atoms with Crippen LogP contribution in [0.4, 0.5) is 0 Å². The average molecular weight is 333 g/mol. The molecule has 1 aromatic carbocycles. The standard InChI is InChI=1S/C14H21ClN2O3S/c1-10-11(9-18)7-12(15)8-14(10)21(19,20)16-5-6-17(2)13-3-4-13/h7-8,13,16,18H,3-6,9H2,1-2H3. The predicted octanol–water partition coefficient (Wildman–Crippen LogP) is 1.51. The van der Waals surface area contributed by atoms with E-state index in [2.05, 4.69) is 9.62 Å². The summed E-state index contributed by atoms with van der Waals surface area (Å²) in [4.78, 5) is 2.29. The van der Waals surface area contributed by atoms with E-state index in [1.165, 1.54) is 18.9 Å². The fourth-order valence-electron chi connectivity index (χ4n) is 2.28. The number of aliphatic hydroxyl groups is 1. The summed E-state index contributed by atoms with van der Waals surface area (Å²) in [5.74, 6) is 0. The maximum Gasteiger partial charge on any atom is 0.240 e. The Balaban J connectivity index is 2.09. The molecule has 0 unspecified atom stereocenters. The number of likely N-dealkylation sites (N-methyl/N-ethyl adjacent to an activating group) is 1. The van der Waals surface area contributed by atoms with Crippen molar-refractivity contribution in [2.24, 2.45) is 0 Å². The molecule has 0 atom stereocenters. The molecule has 2 rings (SSSR count). The first-order valence-electron chi connectivity index (χ1n) is 6.95. The largest absolute Gasteiger partial charge is 0.392 e. The van der Waals surface area contributed by atoms with Gasteiger partial charge in [0.05, 0.1) is 11.5 Å². The molecule has 7 heteroatoms. The van der Waals surface area contributed by atoms with Gasteiger partial charge in [0, 0.05) is 24.2 Å². The number of nitrogens with one attached hydrogen (secondary N) is 1. The van der Waals surface area contributed by atoms with Crippen molar-refractivity contribution in [3.05, 3.63) is 28.3 Å². The van der Waals surface area contributed by atoms with Gasteiger partial charge in [-0.15, -0.1) is 0 Å². The van der Waals surface area contributed by atoms with Crippen molar-refractivity contribution in [2.75, 3.05) is 20.1 Å². The van der Waals surface area contributed by atoms with E-state index >= 15 is 0 Å². The van der Waals surface area contributed by atoms with Gasteiger partial charge in [0.15, 0.2) is 0 Å². The molecular formula is C14H21ClN2O3S. The van der Waals surface area contributed by atoms with Crippen molar-refractivity contribution < 1.29 is 13.5 Å². The fourth-order valence-corrected chi connectivity index (χ4v) is 3.92. The minimum atomic E-state index is -3.62. The molecular weight excluding hydrogens is 312 g/mol. The van der Waals surface area contributed by atoms with Gasteiger partial charge in [-0.25, -0.2) is 13.1 Å². The van der Waals surface area contributed by atoms with Gasteiger partial charge in [-0.2, -0.15) is 0 Å². The normalized spacial score (nSPS) is 15.7. The lowest BCUT2D eigenvalue weighted by Crippen LogP contribution is -2.34. The number of hydrogen-bond acceptors (Lipinski definition) is 4. The third-order valence-electron chi connectivity index (χ3n) is 3.82. The van der Waals surface area contributed by atoms with Crippen molar-refractivity contribution in [3.8, 4) is 0 Å². The minimum Gasteiger partial charge on any atom is -0.392 e. The molecule has 0 amide bonds. The zero-order valence-electron chi connectivity index (χ0n) is 12.3. The van der Waals surface area contributed by atoms with Crippen molar-refractivity contribution in [2.45, 2.75) is 37.3 Å². The summed E-state index contributed by atoms with van der Waals surface area (Å²) < 4.78 is 27.3. The molecule has 0 aliphatic heterocycles. The Bertz CT molecular complexity index is 615. The highest BCUT2D eigenvalue weighted by molar-refractivity contribution is 7.89. The summed E-state index contributed by atoms with van der Waals surface area (Å²) in [5, 5.41) is 9.58. The molecule has 118 valence electrons. The van der Waals surface area contributed by atoms with Crippen LogP contribution in [0.1, 0.15) is 24.0 Å². The van der Waals surface area contributed by atoms with Gasteiger partial charge in [-0.05, 0) is 50.1 Å². The molecule has 1 fully saturated rings. The van der Waals surface area contributed by atoms with Crippen LogP contribution in [0.5, 0.6) is 0 Å². The third-order valence-corrected chi connectivity index (χ3v) is 5.62. The molecule has 21 heavy (non-hydrogen) atoms. The average Bonchev–Trinajstić information content (AvgIpc) is 3.24. The number of sulfonamides is 1. The second kappa shape index (κ2) is 6.62. The smallest absolute Gasteiger partial charge is 0.240 e. The Hall–Kier alpha value is -0.660. The fraction of sp³-hybridized carbons (Fsp3) is 0.571. The van der Waals surface area contributed by atoms with Crippen LogP contribution in [-0.4, -0.2) is 44.6 Å². The van der Waals surface area contributed by atoms with E-state index in [-0.39, 0.29) is 11.5 Å². The topological polar surface area (TPSA) is 69.6 Å². The van der Waals surface area contributed by atoms with E-state index in [1.807, 2.05) is 7.05 Å². The Morgan fingerprint density at radius 2 is 2.10 bits per heavy atom. The Morgan fingerprint density at radius 1 is 1.43 bits per heavy atom. The highest BCUT2D eigenvalue weighted by Gasteiger charge is 2.26. The lowest BCUT2D eigenvalue weighted by molar-refractivity contribution is 0.280. The SMILES string of the molecule is Cc1c(CO)cc(Cl)cc1S(=O)(=O)NCCN(C)C1CC1. The van der Waals surface area contributed by atoms with E-state index in [1.54, 1.807) is 13.0 Å². The third kappa shape index (κ3) is 4.17.